The van der Waals surface area contributed by atoms with Gasteiger partial charge in [0.05, 0.1) is 23.0 Å². The number of fused-ring (bicyclic) bond motifs is 1. The van der Waals surface area contributed by atoms with Gasteiger partial charge in [0.1, 0.15) is 5.82 Å². The van der Waals surface area contributed by atoms with Crippen LogP contribution in [0.4, 0.5) is 13.2 Å². The number of nitrogens with zero attached hydrogens (tertiary/aromatic N) is 2. The predicted molar refractivity (Wildman–Crippen MR) is 107 cm³/mol. The summed E-state index contributed by atoms with van der Waals surface area (Å²) < 4.78 is 40.1. The van der Waals surface area contributed by atoms with Gasteiger partial charge in [-0.2, -0.15) is 13.2 Å². The lowest BCUT2D eigenvalue weighted by atomic mass is 10.0. The Balaban J connectivity index is 1.81. The van der Waals surface area contributed by atoms with E-state index >= 15 is 0 Å². The number of aromatic nitrogens is 2. The van der Waals surface area contributed by atoms with Gasteiger partial charge in [-0.1, -0.05) is 25.0 Å². The van der Waals surface area contributed by atoms with Gasteiger partial charge in [0.15, 0.2) is 0 Å². The zero-order valence-corrected chi connectivity index (χ0v) is 16.4. The number of amides is 1. The standard InChI is InChI=1S/C22H20F3N3O3/c23-22(24,25)16-8-5-13(6-9-16)12-28-19(14-3-1-2-4-14)26-18-11-15(20(29)27-31)7-10-17(18)21(28)30/h5-11,14,31H,1-4,12H2,(H,27,29). The highest BCUT2D eigenvalue weighted by Crippen LogP contribution is 2.34. The summed E-state index contributed by atoms with van der Waals surface area (Å²) in [7, 11) is 0. The molecule has 1 aliphatic carbocycles. The van der Waals surface area contributed by atoms with Crippen LogP contribution < -0.4 is 11.0 Å². The molecule has 31 heavy (non-hydrogen) atoms. The monoisotopic (exact) mass is 431 g/mol. The molecule has 1 amide bonds. The molecule has 1 saturated carbocycles. The molecule has 3 aromatic rings. The van der Waals surface area contributed by atoms with E-state index in [4.69, 9.17) is 5.21 Å². The lowest BCUT2D eigenvalue weighted by Gasteiger charge is -2.18. The maximum absolute atomic E-state index is 13.3. The molecule has 4 rings (SSSR count). The zero-order valence-electron chi connectivity index (χ0n) is 16.4. The highest BCUT2D eigenvalue weighted by atomic mass is 19.4. The highest BCUT2D eigenvalue weighted by molar-refractivity contribution is 5.97. The molecule has 162 valence electrons. The van der Waals surface area contributed by atoms with Crippen molar-refractivity contribution >= 4 is 16.8 Å². The molecule has 0 spiro atoms. The average Bonchev–Trinajstić information content (AvgIpc) is 3.29. The van der Waals surface area contributed by atoms with Crippen molar-refractivity contribution in [3.05, 3.63) is 75.3 Å². The van der Waals surface area contributed by atoms with Gasteiger partial charge in [0.2, 0.25) is 0 Å². The van der Waals surface area contributed by atoms with Crippen LogP contribution in [-0.4, -0.2) is 20.7 Å². The van der Waals surface area contributed by atoms with Gasteiger partial charge in [-0.3, -0.25) is 19.4 Å². The lowest BCUT2D eigenvalue weighted by molar-refractivity contribution is -0.137. The summed E-state index contributed by atoms with van der Waals surface area (Å²) in [4.78, 5) is 29.7. The third-order valence-electron chi connectivity index (χ3n) is 5.69. The van der Waals surface area contributed by atoms with Crippen molar-refractivity contribution in [3.63, 3.8) is 0 Å². The number of carbonyl (C=O) groups is 1. The van der Waals surface area contributed by atoms with Crippen molar-refractivity contribution < 1.29 is 23.2 Å². The molecule has 0 saturated heterocycles. The van der Waals surface area contributed by atoms with Crippen LogP contribution in [0.25, 0.3) is 10.9 Å². The topological polar surface area (TPSA) is 84.2 Å². The predicted octanol–water partition coefficient (Wildman–Crippen LogP) is 4.24. The highest BCUT2D eigenvalue weighted by Gasteiger charge is 2.30. The first kappa shape index (κ1) is 21.0. The zero-order chi connectivity index (χ0) is 22.2. The maximum Gasteiger partial charge on any atom is 0.416 e. The fraction of sp³-hybridized carbons (Fsp3) is 0.318. The Kier molecular flexibility index (Phi) is 5.53. The number of carbonyl (C=O) groups excluding carboxylic acids is 1. The Hall–Kier alpha value is -3.20. The van der Waals surface area contributed by atoms with Gasteiger partial charge >= 0.3 is 6.18 Å². The summed E-state index contributed by atoms with van der Waals surface area (Å²) in [6.45, 7) is 0.102. The molecule has 6 nitrogen and oxygen atoms in total. The number of alkyl halides is 3. The van der Waals surface area contributed by atoms with Crippen molar-refractivity contribution in [1.29, 1.82) is 0 Å². The molecule has 1 fully saturated rings. The lowest BCUT2D eigenvalue weighted by Crippen LogP contribution is -2.27. The van der Waals surface area contributed by atoms with E-state index in [9.17, 15) is 22.8 Å². The summed E-state index contributed by atoms with van der Waals surface area (Å²) in [6.07, 6.45) is -0.686. The van der Waals surface area contributed by atoms with Crippen LogP contribution in [0.3, 0.4) is 0 Å². The summed E-state index contributed by atoms with van der Waals surface area (Å²) in [5, 5.41) is 9.16. The van der Waals surface area contributed by atoms with Gasteiger partial charge in [-0.05, 0) is 48.7 Å². The van der Waals surface area contributed by atoms with Gasteiger partial charge in [-0.25, -0.2) is 10.5 Å². The number of hydrogen-bond donors (Lipinski definition) is 2. The molecule has 0 aliphatic heterocycles. The first-order chi connectivity index (χ1) is 14.8. The van der Waals surface area contributed by atoms with Gasteiger partial charge in [-0.15, -0.1) is 0 Å². The Labute approximate surface area is 175 Å². The van der Waals surface area contributed by atoms with E-state index in [0.717, 1.165) is 37.8 Å². The molecular weight excluding hydrogens is 411 g/mol. The van der Waals surface area contributed by atoms with Crippen LogP contribution >= 0.6 is 0 Å². The SMILES string of the molecule is O=C(NO)c1ccc2c(=O)n(Cc3ccc(C(F)(F)F)cc3)c(C3CCCC3)nc2c1. The minimum atomic E-state index is -4.42. The molecule has 0 radical (unpaired) electrons. The largest absolute Gasteiger partial charge is 0.416 e. The normalized spacial score (nSPS) is 14.8. The van der Waals surface area contributed by atoms with Crippen LogP contribution in [0.5, 0.6) is 0 Å². The van der Waals surface area contributed by atoms with E-state index in [1.165, 1.54) is 34.9 Å². The third-order valence-corrected chi connectivity index (χ3v) is 5.69. The molecule has 0 bridgehead atoms. The molecular formula is C22H20F3N3O3. The van der Waals surface area contributed by atoms with Crippen LogP contribution in [0.2, 0.25) is 0 Å². The number of hydroxylamine groups is 1. The minimum Gasteiger partial charge on any atom is -0.291 e. The van der Waals surface area contributed by atoms with Crippen LogP contribution in [0, 0.1) is 0 Å². The summed E-state index contributed by atoms with van der Waals surface area (Å²) in [6, 6.07) is 9.07. The quantitative estimate of drug-likeness (QED) is 0.478. The first-order valence-corrected chi connectivity index (χ1v) is 9.93. The fourth-order valence-corrected chi connectivity index (χ4v) is 4.07. The van der Waals surface area contributed by atoms with E-state index in [0.29, 0.717) is 22.3 Å². The van der Waals surface area contributed by atoms with Crippen molar-refractivity contribution in [2.75, 3.05) is 0 Å². The van der Waals surface area contributed by atoms with Crippen molar-refractivity contribution in [3.8, 4) is 0 Å². The van der Waals surface area contributed by atoms with Gasteiger partial charge in [0.25, 0.3) is 11.5 Å². The van der Waals surface area contributed by atoms with Crippen LogP contribution in [0.1, 0.15) is 58.9 Å². The number of halogens is 3. The first-order valence-electron chi connectivity index (χ1n) is 9.93. The number of hydrogen-bond acceptors (Lipinski definition) is 4. The Bertz CT molecular complexity index is 1180. The maximum atomic E-state index is 13.3. The van der Waals surface area contributed by atoms with Crippen molar-refractivity contribution in [2.24, 2.45) is 0 Å². The molecule has 2 N–H and O–H groups in total. The molecule has 1 aromatic heterocycles. The molecule has 2 aromatic carbocycles. The second-order valence-electron chi connectivity index (χ2n) is 7.71. The van der Waals surface area contributed by atoms with Crippen molar-refractivity contribution in [1.82, 2.24) is 15.0 Å². The van der Waals surface area contributed by atoms with E-state index < -0.39 is 17.6 Å². The second-order valence-corrected chi connectivity index (χ2v) is 7.71. The summed E-state index contributed by atoms with van der Waals surface area (Å²) in [5.41, 5.74) is 1.57. The van der Waals surface area contributed by atoms with Gasteiger partial charge < -0.3 is 0 Å². The second kappa shape index (κ2) is 8.14. The van der Waals surface area contributed by atoms with E-state index in [2.05, 4.69) is 4.98 Å². The molecule has 1 aliphatic rings. The Morgan fingerprint density at radius 3 is 2.42 bits per heavy atom. The Morgan fingerprint density at radius 1 is 1.13 bits per heavy atom. The van der Waals surface area contributed by atoms with Crippen LogP contribution in [0.15, 0.2) is 47.3 Å². The summed E-state index contributed by atoms with van der Waals surface area (Å²) in [5.74, 6) is -0.0848. The molecule has 0 unspecified atom stereocenters. The molecule has 9 heteroatoms. The van der Waals surface area contributed by atoms with E-state index in [1.807, 2.05) is 0 Å². The molecule has 0 atom stereocenters. The Morgan fingerprint density at radius 2 is 1.81 bits per heavy atom. The average molecular weight is 431 g/mol. The van der Waals surface area contributed by atoms with E-state index in [1.54, 1.807) is 5.48 Å². The number of benzene rings is 2. The smallest absolute Gasteiger partial charge is 0.291 e. The van der Waals surface area contributed by atoms with Crippen molar-refractivity contribution in [2.45, 2.75) is 44.3 Å². The number of rotatable bonds is 4. The number of nitrogens with one attached hydrogen (secondary N) is 1. The fourth-order valence-electron chi connectivity index (χ4n) is 4.07. The summed E-state index contributed by atoms with van der Waals surface area (Å²) >= 11 is 0. The molecule has 1 heterocycles. The third kappa shape index (κ3) is 4.18. The van der Waals surface area contributed by atoms with E-state index in [-0.39, 0.29) is 23.6 Å². The minimum absolute atomic E-state index is 0.0573. The van der Waals surface area contributed by atoms with Gasteiger partial charge in [0, 0.05) is 11.5 Å². The van der Waals surface area contributed by atoms with Crippen LogP contribution in [-0.2, 0) is 12.7 Å².